The van der Waals surface area contributed by atoms with Gasteiger partial charge in [-0.1, -0.05) is 0 Å². The van der Waals surface area contributed by atoms with Gasteiger partial charge >= 0.3 is 0 Å². The third-order valence-corrected chi connectivity index (χ3v) is 3.48. The minimum absolute atomic E-state index is 0.408. The number of anilines is 1. The van der Waals surface area contributed by atoms with E-state index in [4.69, 9.17) is 5.73 Å². The van der Waals surface area contributed by atoms with Gasteiger partial charge in [-0.15, -0.1) is 0 Å². The third kappa shape index (κ3) is 2.98. The van der Waals surface area contributed by atoms with E-state index in [1.165, 1.54) is 6.42 Å². The van der Waals surface area contributed by atoms with Gasteiger partial charge in [0.1, 0.15) is 5.82 Å². The molecule has 1 amide bonds. The van der Waals surface area contributed by atoms with Gasteiger partial charge in [0.15, 0.2) is 0 Å². The summed E-state index contributed by atoms with van der Waals surface area (Å²) in [6.07, 6.45) is 5.05. The number of nitrogens with one attached hydrogen (secondary N) is 1. The van der Waals surface area contributed by atoms with E-state index in [0.29, 0.717) is 11.6 Å². The molecule has 1 aliphatic rings. The zero-order valence-corrected chi connectivity index (χ0v) is 10.7. The molecular weight excluding hydrogens is 228 g/mol. The standard InChI is InChI=1S/C13H20N4O/c1-17(11-3-2-6-15-7-5-11)12-9-10(13(14)18)4-8-16-12/h4,8-9,11,15H,2-3,5-7H2,1H3,(H2,14,18). The molecule has 1 aromatic heterocycles. The second kappa shape index (κ2) is 5.82. The fourth-order valence-electron chi connectivity index (χ4n) is 2.34. The van der Waals surface area contributed by atoms with E-state index in [0.717, 1.165) is 31.7 Å². The summed E-state index contributed by atoms with van der Waals surface area (Å²) in [6.45, 7) is 2.11. The monoisotopic (exact) mass is 248 g/mol. The highest BCUT2D eigenvalue weighted by atomic mass is 16.1. The molecule has 98 valence electrons. The summed E-state index contributed by atoms with van der Waals surface area (Å²) in [5.41, 5.74) is 5.80. The van der Waals surface area contributed by atoms with Crippen LogP contribution in [0, 0.1) is 0 Å². The first-order chi connectivity index (χ1) is 8.68. The number of primary amides is 1. The highest BCUT2D eigenvalue weighted by Crippen LogP contribution is 2.19. The van der Waals surface area contributed by atoms with E-state index >= 15 is 0 Å². The first-order valence-corrected chi connectivity index (χ1v) is 6.38. The summed E-state index contributed by atoms with van der Waals surface area (Å²) in [4.78, 5) is 17.7. The molecule has 1 unspecified atom stereocenters. The van der Waals surface area contributed by atoms with E-state index in [2.05, 4.69) is 15.2 Å². The Balaban J connectivity index is 2.13. The summed E-state index contributed by atoms with van der Waals surface area (Å²) in [6, 6.07) is 3.88. The van der Waals surface area contributed by atoms with Crippen molar-refractivity contribution in [2.45, 2.75) is 25.3 Å². The number of nitrogens with zero attached hydrogens (tertiary/aromatic N) is 2. The van der Waals surface area contributed by atoms with Gasteiger partial charge in [-0.2, -0.15) is 0 Å². The molecule has 0 saturated carbocycles. The Morgan fingerprint density at radius 2 is 2.33 bits per heavy atom. The van der Waals surface area contributed by atoms with E-state index in [1.54, 1.807) is 18.3 Å². The molecule has 1 atom stereocenters. The Labute approximate surface area is 107 Å². The molecule has 0 radical (unpaired) electrons. The zero-order valence-electron chi connectivity index (χ0n) is 10.7. The molecule has 0 spiro atoms. The van der Waals surface area contributed by atoms with Crippen LogP contribution in [0.4, 0.5) is 5.82 Å². The first kappa shape index (κ1) is 12.8. The normalized spacial score (nSPS) is 20.2. The molecule has 5 nitrogen and oxygen atoms in total. The maximum atomic E-state index is 11.2. The molecule has 0 aromatic carbocycles. The van der Waals surface area contributed by atoms with Crippen LogP contribution in [0.2, 0.25) is 0 Å². The van der Waals surface area contributed by atoms with Gasteiger partial charge in [0.25, 0.3) is 0 Å². The number of rotatable bonds is 3. The largest absolute Gasteiger partial charge is 0.366 e. The van der Waals surface area contributed by atoms with Crippen molar-refractivity contribution in [3.8, 4) is 0 Å². The van der Waals surface area contributed by atoms with Gasteiger partial charge in [0, 0.05) is 24.8 Å². The highest BCUT2D eigenvalue weighted by molar-refractivity contribution is 5.93. The molecule has 1 saturated heterocycles. The topological polar surface area (TPSA) is 71.2 Å². The predicted molar refractivity (Wildman–Crippen MR) is 71.7 cm³/mol. The van der Waals surface area contributed by atoms with Crippen molar-refractivity contribution >= 4 is 11.7 Å². The van der Waals surface area contributed by atoms with Crippen molar-refractivity contribution in [1.29, 1.82) is 0 Å². The summed E-state index contributed by atoms with van der Waals surface area (Å²) < 4.78 is 0. The smallest absolute Gasteiger partial charge is 0.248 e. The average molecular weight is 248 g/mol. The van der Waals surface area contributed by atoms with Crippen LogP contribution in [0.1, 0.15) is 29.6 Å². The van der Waals surface area contributed by atoms with Crippen LogP contribution in [-0.2, 0) is 0 Å². The lowest BCUT2D eigenvalue weighted by molar-refractivity contribution is 0.1000. The van der Waals surface area contributed by atoms with Crippen LogP contribution in [-0.4, -0.2) is 37.1 Å². The van der Waals surface area contributed by atoms with Gasteiger partial charge in [0.05, 0.1) is 0 Å². The van der Waals surface area contributed by atoms with Crippen molar-refractivity contribution in [3.63, 3.8) is 0 Å². The van der Waals surface area contributed by atoms with Crippen molar-refractivity contribution in [1.82, 2.24) is 10.3 Å². The maximum absolute atomic E-state index is 11.2. The number of amides is 1. The Bertz CT molecular complexity index is 413. The second-order valence-electron chi connectivity index (χ2n) is 4.71. The Kier molecular flexibility index (Phi) is 4.15. The van der Waals surface area contributed by atoms with Crippen LogP contribution < -0.4 is 16.0 Å². The molecule has 18 heavy (non-hydrogen) atoms. The average Bonchev–Trinajstić information content (AvgIpc) is 2.67. The van der Waals surface area contributed by atoms with Crippen molar-refractivity contribution in [2.24, 2.45) is 5.73 Å². The summed E-state index contributed by atoms with van der Waals surface area (Å²) >= 11 is 0. The fraction of sp³-hybridized carbons (Fsp3) is 0.538. The third-order valence-electron chi connectivity index (χ3n) is 3.48. The SMILES string of the molecule is CN(c1cc(C(N)=O)ccn1)C1CCCNCC1. The number of hydrogen-bond donors (Lipinski definition) is 2. The van der Waals surface area contributed by atoms with E-state index < -0.39 is 5.91 Å². The molecular formula is C13H20N4O. The van der Waals surface area contributed by atoms with Gasteiger partial charge in [-0.3, -0.25) is 4.79 Å². The van der Waals surface area contributed by atoms with Gasteiger partial charge in [-0.25, -0.2) is 4.98 Å². The minimum atomic E-state index is -0.408. The number of carbonyl (C=O) groups excluding carboxylic acids is 1. The van der Waals surface area contributed by atoms with Crippen LogP contribution in [0.25, 0.3) is 0 Å². The number of nitrogens with two attached hydrogens (primary N) is 1. The molecule has 1 fully saturated rings. The van der Waals surface area contributed by atoms with Gasteiger partial charge < -0.3 is 16.0 Å². The molecule has 2 rings (SSSR count). The molecule has 3 N–H and O–H groups in total. The molecule has 0 bridgehead atoms. The highest BCUT2D eigenvalue weighted by Gasteiger charge is 2.18. The van der Waals surface area contributed by atoms with Crippen LogP contribution in [0.5, 0.6) is 0 Å². The number of carbonyl (C=O) groups is 1. The summed E-state index contributed by atoms with van der Waals surface area (Å²) in [5.74, 6) is 0.410. The molecule has 5 heteroatoms. The Morgan fingerprint density at radius 1 is 1.50 bits per heavy atom. The first-order valence-electron chi connectivity index (χ1n) is 6.38. The summed E-state index contributed by atoms with van der Waals surface area (Å²) in [5, 5.41) is 3.39. The van der Waals surface area contributed by atoms with E-state index in [9.17, 15) is 4.79 Å². The molecule has 0 aliphatic carbocycles. The van der Waals surface area contributed by atoms with Gasteiger partial charge in [-0.05, 0) is 44.5 Å². The van der Waals surface area contributed by atoms with Gasteiger partial charge in [0.2, 0.25) is 5.91 Å². The molecule has 1 aliphatic heterocycles. The minimum Gasteiger partial charge on any atom is -0.366 e. The number of hydrogen-bond acceptors (Lipinski definition) is 4. The maximum Gasteiger partial charge on any atom is 0.248 e. The Hall–Kier alpha value is -1.62. The van der Waals surface area contributed by atoms with Crippen molar-refractivity contribution < 1.29 is 4.79 Å². The van der Waals surface area contributed by atoms with E-state index in [1.807, 2.05) is 7.05 Å². The zero-order chi connectivity index (χ0) is 13.0. The lowest BCUT2D eigenvalue weighted by Gasteiger charge is -2.28. The Morgan fingerprint density at radius 3 is 3.11 bits per heavy atom. The number of aromatic nitrogens is 1. The lowest BCUT2D eigenvalue weighted by Crippen LogP contribution is -2.33. The van der Waals surface area contributed by atoms with Crippen molar-refractivity contribution in [2.75, 3.05) is 25.0 Å². The second-order valence-corrected chi connectivity index (χ2v) is 4.71. The quantitative estimate of drug-likeness (QED) is 0.828. The van der Waals surface area contributed by atoms with Crippen LogP contribution in [0.3, 0.4) is 0 Å². The molecule has 1 aromatic rings. The van der Waals surface area contributed by atoms with E-state index in [-0.39, 0.29) is 0 Å². The van der Waals surface area contributed by atoms with Crippen LogP contribution >= 0.6 is 0 Å². The van der Waals surface area contributed by atoms with Crippen LogP contribution in [0.15, 0.2) is 18.3 Å². The van der Waals surface area contributed by atoms with Crippen molar-refractivity contribution in [3.05, 3.63) is 23.9 Å². The molecule has 2 heterocycles. The number of pyridine rings is 1. The summed E-state index contributed by atoms with van der Waals surface area (Å²) in [7, 11) is 2.03. The fourth-order valence-corrected chi connectivity index (χ4v) is 2.34. The predicted octanol–water partition coefficient (Wildman–Crippen LogP) is 0.759. The lowest BCUT2D eigenvalue weighted by atomic mass is 10.1.